The predicted octanol–water partition coefficient (Wildman–Crippen LogP) is 3.42. The molecule has 6 nitrogen and oxygen atoms in total. The van der Waals surface area contributed by atoms with Gasteiger partial charge in [0.05, 0.1) is 5.56 Å². The van der Waals surface area contributed by atoms with Crippen molar-refractivity contribution in [1.29, 1.82) is 0 Å². The molecule has 29 heavy (non-hydrogen) atoms. The van der Waals surface area contributed by atoms with Crippen molar-refractivity contribution in [2.45, 2.75) is 44.8 Å². The summed E-state index contributed by atoms with van der Waals surface area (Å²) in [7, 11) is 0. The minimum absolute atomic E-state index is 0.00273. The monoisotopic (exact) mass is 407 g/mol. The molecule has 1 saturated carbocycles. The van der Waals surface area contributed by atoms with Crippen molar-refractivity contribution in [3.05, 3.63) is 65.2 Å². The van der Waals surface area contributed by atoms with Gasteiger partial charge < -0.3 is 5.32 Å². The third-order valence-corrected chi connectivity index (χ3v) is 7.05. The zero-order valence-corrected chi connectivity index (χ0v) is 17.3. The molecule has 3 aromatic rings. The summed E-state index contributed by atoms with van der Waals surface area (Å²) in [4.78, 5) is 23.9. The molecule has 0 spiro atoms. The largest absolute Gasteiger partial charge is 0.349 e. The molecule has 7 heteroatoms. The third-order valence-electron chi connectivity index (χ3n) is 6.28. The van der Waals surface area contributed by atoms with E-state index in [0.717, 1.165) is 43.0 Å². The number of likely N-dealkylation sites (tertiary alicyclic amines) is 1. The van der Waals surface area contributed by atoms with Crippen LogP contribution in [0.25, 0.3) is 5.13 Å². The molecule has 150 valence electrons. The second-order valence-corrected chi connectivity index (χ2v) is 8.96. The lowest BCUT2D eigenvalue weighted by molar-refractivity contribution is 0.0926. The van der Waals surface area contributed by atoms with Crippen LogP contribution >= 0.6 is 11.3 Å². The lowest BCUT2D eigenvalue weighted by Crippen LogP contribution is -2.39. The molecule has 0 unspecified atom stereocenters. The minimum atomic E-state index is 0.00273. The zero-order chi connectivity index (χ0) is 19.8. The summed E-state index contributed by atoms with van der Waals surface area (Å²) < 4.78 is 2.19. The first-order valence-corrected chi connectivity index (χ1v) is 11.1. The number of thiazole rings is 1. The maximum absolute atomic E-state index is 12.7. The summed E-state index contributed by atoms with van der Waals surface area (Å²) in [5, 5.41) is 6.32. The Kier molecular flexibility index (Phi) is 4.93. The topological polar surface area (TPSA) is 63.1 Å². The molecule has 1 aliphatic heterocycles. The molecule has 1 aliphatic carbocycles. The molecule has 4 heterocycles. The summed E-state index contributed by atoms with van der Waals surface area (Å²) >= 11 is 1.66. The normalized spacial score (nSPS) is 24.0. The van der Waals surface area contributed by atoms with Gasteiger partial charge in [-0.3, -0.25) is 19.2 Å². The lowest BCUT2D eigenvalue weighted by atomic mass is 9.99. The van der Waals surface area contributed by atoms with Crippen molar-refractivity contribution in [1.82, 2.24) is 24.8 Å². The molecule has 1 amide bonds. The van der Waals surface area contributed by atoms with Crippen LogP contribution in [0.4, 0.5) is 0 Å². The van der Waals surface area contributed by atoms with E-state index in [1.165, 1.54) is 5.69 Å². The molecular weight excluding hydrogens is 382 g/mol. The number of hydrogen-bond acceptors (Lipinski definition) is 5. The highest BCUT2D eigenvalue weighted by Crippen LogP contribution is 2.39. The highest BCUT2D eigenvalue weighted by molar-refractivity contribution is 7.12. The standard InChI is InChI=1S/C22H25N5OS/c1-15-11-16(13-23-12-15)21(28)25-19-4-5-20-18(19)6-9-26(20)14-17-3-2-8-27(17)22-24-7-10-29-22/h2-3,7-8,10-13,18-20H,4-6,9,14H2,1H3,(H,25,28)/t18-,19-,20+/m0/s1. The molecule has 0 aromatic carbocycles. The van der Waals surface area contributed by atoms with Crippen LogP contribution in [-0.4, -0.2) is 44.0 Å². The number of fused-ring (bicyclic) bond motifs is 1. The van der Waals surface area contributed by atoms with Crippen LogP contribution in [0.1, 0.15) is 40.9 Å². The molecule has 5 rings (SSSR count). The number of rotatable bonds is 5. The third kappa shape index (κ3) is 3.60. The molecule has 0 radical (unpaired) electrons. The number of carbonyl (C=O) groups excluding carboxylic acids is 1. The molecule has 2 fully saturated rings. The van der Waals surface area contributed by atoms with E-state index in [9.17, 15) is 4.79 Å². The van der Waals surface area contributed by atoms with Gasteiger partial charge in [0, 0.05) is 54.5 Å². The number of amides is 1. The van der Waals surface area contributed by atoms with Crippen LogP contribution in [0.5, 0.6) is 0 Å². The van der Waals surface area contributed by atoms with Gasteiger partial charge in [-0.25, -0.2) is 4.98 Å². The van der Waals surface area contributed by atoms with Gasteiger partial charge in [0.1, 0.15) is 0 Å². The van der Waals surface area contributed by atoms with Crippen LogP contribution in [0.15, 0.2) is 48.4 Å². The fourth-order valence-electron chi connectivity index (χ4n) is 4.96. The Morgan fingerprint density at radius 2 is 2.24 bits per heavy atom. The summed E-state index contributed by atoms with van der Waals surface area (Å²) in [6.45, 7) is 3.97. The fraction of sp³-hybridized carbons (Fsp3) is 0.409. The maximum atomic E-state index is 12.7. The number of pyridine rings is 1. The van der Waals surface area contributed by atoms with Gasteiger partial charge in [0.15, 0.2) is 5.13 Å². The lowest BCUT2D eigenvalue weighted by Gasteiger charge is -2.25. The highest BCUT2D eigenvalue weighted by atomic mass is 32.1. The van der Waals surface area contributed by atoms with E-state index in [2.05, 4.69) is 43.1 Å². The van der Waals surface area contributed by atoms with E-state index in [1.54, 1.807) is 23.7 Å². The molecule has 1 N–H and O–H groups in total. The molecule has 1 saturated heterocycles. The fourth-order valence-corrected chi connectivity index (χ4v) is 5.61. The van der Waals surface area contributed by atoms with E-state index in [-0.39, 0.29) is 11.9 Å². The Hall–Kier alpha value is -2.51. The summed E-state index contributed by atoms with van der Waals surface area (Å²) in [5.74, 6) is 0.530. The first-order valence-electron chi connectivity index (χ1n) is 10.2. The van der Waals surface area contributed by atoms with E-state index in [1.807, 2.05) is 24.6 Å². The Balaban J connectivity index is 1.25. The number of hydrogen-bond donors (Lipinski definition) is 1. The van der Waals surface area contributed by atoms with Gasteiger partial charge in [-0.2, -0.15) is 0 Å². The SMILES string of the molecule is Cc1cncc(C(=O)N[C@H]2CC[C@@H]3[C@H]2CCN3Cc2cccn2-c2nccs2)c1. The number of aromatic nitrogens is 3. The number of nitrogens with zero attached hydrogens (tertiary/aromatic N) is 4. The van der Waals surface area contributed by atoms with Gasteiger partial charge in [-0.1, -0.05) is 0 Å². The van der Waals surface area contributed by atoms with Crippen LogP contribution < -0.4 is 5.32 Å². The van der Waals surface area contributed by atoms with Crippen molar-refractivity contribution in [3.8, 4) is 5.13 Å². The van der Waals surface area contributed by atoms with Crippen LogP contribution in [0.3, 0.4) is 0 Å². The van der Waals surface area contributed by atoms with E-state index >= 15 is 0 Å². The van der Waals surface area contributed by atoms with Crippen molar-refractivity contribution < 1.29 is 4.79 Å². The maximum Gasteiger partial charge on any atom is 0.253 e. The highest BCUT2D eigenvalue weighted by Gasteiger charge is 2.44. The summed E-state index contributed by atoms with van der Waals surface area (Å²) in [6, 6.07) is 6.98. The average molecular weight is 408 g/mol. The van der Waals surface area contributed by atoms with Crippen LogP contribution in [0.2, 0.25) is 0 Å². The van der Waals surface area contributed by atoms with Crippen molar-refractivity contribution >= 4 is 17.2 Å². The Labute approximate surface area is 174 Å². The molecule has 0 bridgehead atoms. The predicted molar refractivity (Wildman–Crippen MR) is 113 cm³/mol. The zero-order valence-electron chi connectivity index (χ0n) is 16.5. The van der Waals surface area contributed by atoms with Crippen LogP contribution in [0, 0.1) is 12.8 Å². The average Bonchev–Trinajstić information content (AvgIpc) is 3.49. The first-order chi connectivity index (χ1) is 14.2. The number of nitrogens with one attached hydrogen (secondary N) is 1. The van der Waals surface area contributed by atoms with Crippen molar-refractivity contribution in [2.24, 2.45) is 5.92 Å². The molecule has 2 aliphatic rings. The Morgan fingerprint density at radius 3 is 3.07 bits per heavy atom. The van der Waals surface area contributed by atoms with Crippen LogP contribution in [-0.2, 0) is 6.54 Å². The smallest absolute Gasteiger partial charge is 0.253 e. The van der Waals surface area contributed by atoms with Crippen molar-refractivity contribution in [2.75, 3.05) is 6.54 Å². The Morgan fingerprint density at radius 1 is 1.31 bits per heavy atom. The van der Waals surface area contributed by atoms with E-state index in [0.29, 0.717) is 17.5 Å². The molecular formula is C22H25N5OS. The number of aryl methyl sites for hydroxylation is 1. The van der Waals surface area contributed by atoms with Crippen molar-refractivity contribution in [3.63, 3.8) is 0 Å². The van der Waals surface area contributed by atoms with E-state index < -0.39 is 0 Å². The first kappa shape index (κ1) is 18.5. The summed E-state index contributed by atoms with van der Waals surface area (Å²) in [5.41, 5.74) is 2.95. The second kappa shape index (κ2) is 7.72. The van der Waals surface area contributed by atoms with Gasteiger partial charge in [-0.05, 0) is 62.4 Å². The second-order valence-electron chi connectivity index (χ2n) is 8.08. The Bertz CT molecular complexity index is 998. The molecule has 3 aromatic heterocycles. The number of carbonyl (C=O) groups is 1. The summed E-state index contributed by atoms with van der Waals surface area (Å²) in [6.07, 6.45) is 10.7. The van der Waals surface area contributed by atoms with E-state index in [4.69, 9.17) is 0 Å². The van der Waals surface area contributed by atoms with Gasteiger partial charge in [0.25, 0.3) is 5.91 Å². The van der Waals surface area contributed by atoms with Gasteiger partial charge in [-0.15, -0.1) is 11.3 Å². The molecule has 3 atom stereocenters. The van der Waals surface area contributed by atoms with Gasteiger partial charge >= 0.3 is 0 Å². The minimum Gasteiger partial charge on any atom is -0.349 e. The quantitative estimate of drug-likeness (QED) is 0.704. The van der Waals surface area contributed by atoms with Gasteiger partial charge in [0.2, 0.25) is 0 Å².